The monoisotopic (exact) mass is 535 g/mol. The van der Waals surface area contributed by atoms with Crippen molar-refractivity contribution in [1.82, 2.24) is 11.1 Å². The van der Waals surface area contributed by atoms with Gasteiger partial charge in [0, 0.05) is 0 Å². The molecule has 0 saturated carbocycles. The van der Waals surface area contributed by atoms with Crippen LogP contribution in [0.4, 0.5) is 0 Å². The second kappa shape index (κ2) is 20.6. The molecule has 0 saturated heterocycles. The quantitative estimate of drug-likeness (QED) is 0.123. The standard InChI is InChI=1S/C7H7.3C6H14NO2.Ti/c1-7-5-3-2-4-6-7;3*1-3-5-8-7-9-6-4-2;/h2-6H,1H2;3*3-6H2,1-2H3;/q;3*-1;+3. The summed E-state index contributed by atoms with van der Waals surface area (Å²) in [5.74, 6) is 0. The molecule has 10 heteroatoms. The Kier molecular flexibility index (Phi) is 19.2. The molecule has 0 radical (unpaired) electrons. The van der Waals surface area contributed by atoms with Gasteiger partial charge in [0.2, 0.25) is 0 Å². The summed E-state index contributed by atoms with van der Waals surface area (Å²) >= 11 is -4.22. The van der Waals surface area contributed by atoms with Gasteiger partial charge in [0.15, 0.2) is 0 Å². The third-order valence-corrected chi connectivity index (χ3v) is 9.96. The number of rotatable bonds is 23. The van der Waals surface area contributed by atoms with Gasteiger partial charge in [0.25, 0.3) is 0 Å². The first kappa shape index (κ1) is 32.6. The van der Waals surface area contributed by atoms with Gasteiger partial charge < -0.3 is 0 Å². The van der Waals surface area contributed by atoms with Gasteiger partial charge in [-0.2, -0.15) is 0 Å². The Morgan fingerprint density at radius 3 is 1.03 bits per heavy atom. The van der Waals surface area contributed by atoms with E-state index in [0.717, 1.165) is 44.1 Å². The van der Waals surface area contributed by atoms with Gasteiger partial charge in [-0.15, -0.1) is 0 Å². The van der Waals surface area contributed by atoms with Gasteiger partial charge >= 0.3 is 218 Å². The van der Waals surface area contributed by atoms with Gasteiger partial charge in [-0.25, -0.2) is 0 Å². The van der Waals surface area contributed by atoms with Crippen molar-refractivity contribution in [2.24, 2.45) is 0 Å². The summed E-state index contributed by atoms with van der Waals surface area (Å²) in [7, 11) is 0. The van der Waals surface area contributed by atoms with Gasteiger partial charge in [0.05, 0.1) is 0 Å². The molecule has 0 spiro atoms. The molecule has 1 aromatic carbocycles. The van der Waals surface area contributed by atoms with Crippen molar-refractivity contribution in [1.29, 1.82) is 0 Å². The first-order chi connectivity index (χ1) is 17.1. The van der Waals surface area contributed by atoms with Crippen LogP contribution in [-0.4, -0.2) is 50.8 Å². The van der Waals surface area contributed by atoms with Crippen LogP contribution >= 0.6 is 0 Å². The Bertz CT molecular complexity index is 542. The Balaban J connectivity index is 3.75. The van der Waals surface area contributed by atoms with E-state index in [-0.39, 0.29) is 0 Å². The van der Waals surface area contributed by atoms with Gasteiger partial charge in [0.1, 0.15) is 0 Å². The molecule has 1 aromatic rings. The van der Waals surface area contributed by atoms with E-state index in [1.54, 1.807) is 11.1 Å². The van der Waals surface area contributed by atoms with E-state index in [0.29, 0.717) is 44.4 Å². The fourth-order valence-electron chi connectivity index (χ4n) is 3.04. The van der Waals surface area contributed by atoms with Gasteiger partial charge in [-0.1, -0.05) is 0 Å². The van der Waals surface area contributed by atoms with Gasteiger partial charge in [-0.05, 0) is 0 Å². The molecule has 0 unspecified atom stereocenters. The number of hydrogen-bond donors (Lipinski definition) is 0. The second-order valence-corrected chi connectivity index (χ2v) is 12.9. The zero-order chi connectivity index (χ0) is 25.8. The molecule has 35 heavy (non-hydrogen) atoms. The van der Waals surface area contributed by atoms with E-state index < -0.39 is 17.4 Å². The van der Waals surface area contributed by atoms with E-state index in [2.05, 4.69) is 53.7 Å². The van der Waals surface area contributed by atoms with Crippen LogP contribution in [0.15, 0.2) is 30.3 Å². The Hall–Kier alpha value is -0.426. The normalized spacial score (nSPS) is 12.4. The number of benzene rings is 1. The van der Waals surface area contributed by atoms with E-state index in [1.807, 2.05) is 18.2 Å². The van der Waals surface area contributed by atoms with Crippen molar-refractivity contribution < 1.29 is 46.4 Å². The molecule has 0 N–H and O–H groups in total. The molecule has 0 aliphatic carbocycles. The summed E-state index contributed by atoms with van der Waals surface area (Å²) in [6.45, 7) is 15.3. The molecule has 0 fully saturated rings. The SMILES string of the molecule is CCCO[N](OCCC)[Ti]([CH2]c1ccccc1)([N](OCCC)OCCC)[N](OCCC)OCCC. The van der Waals surface area contributed by atoms with Crippen LogP contribution in [0.1, 0.15) is 85.6 Å². The fraction of sp³-hybridized carbons (Fsp3) is 0.760. The Morgan fingerprint density at radius 2 is 0.771 bits per heavy atom. The van der Waals surface area contributed by atoms with Crippen LogP contribution in [0, 0.1) is 0 Å². The van der Waals surface area contributed by atoms with Crippen molar-refractivity contribution in [3.8, 4) is 0 Å². The predicted molar refractivity (Wildman–Crippen MR) is 133 cm³/mol. The first-order valence-corrected chi connectivity index (χ1v) is 16.6. The van der Waals surface area contributed by atoms with E-state index in [1.165, 1.54) is 0 Å². The van der Waals surface area contributed by atoms with Crippen molar-refractivity contribution in [2.45, 2.75) is 84.8 Å². The van der Waals surface area contributed by atoms with E-state index in [4.69, 9.17) is 29.0 Å². The zero-order valence-electron chi connectivity index (χ0n) is 22.9. The van der Waals surface area contributed by atoms with Crippen LogP contribution in [0.3, 0.4) is 0 Å². The second-order valence-electron chi connectivity index (χ2n) is 8.21. The fourth-order valence-corrected chi connectivity index (χ4v) is 8.29. The molecule has 0 aromatic heterocycles. The van der Waals surface area contributed by atoms with Crippen LogP contribution in [0.2, 0.25) is 0 Å². The molecule has 0 atom stereocenters. The Labute approximate surface area is 217 Å². The van der Waals surface area contributed by atoms with E-state index in [9.17, 15) is 0 Å². The summed E-state index contributed by atoms with van der Waals surface area (Å²) in [4.78, 5) is 37.8. The van der Waals surface area contributed by atoms with Crippen LogP contribution < -0.4 is 0 Å². The zero-order valence-corrected chi connectivity index (χ0v) is 24.4. The topological polar surface area (TPSA) is 65.1 Å². The van der Waals surface area contributed by atoms with Crippen LogP contribution in [0.5, 0.6) is 0 Å². The van der Waals surface area contributed by atoms with Crippen molar-refractivity contribution >= 4 is 0 Å². The summed E-state index contributed by atoms with van der Waals surface area (Å²) in [6, 6.07) is 10.2. The first-order valence-electron chi connectivity index (χ1n) is 13.4. The number of nitrogens with zero attached hydrogens (tertiary/aromatic N) is 3. The van der Waals surface area contributed by atoms with Crippen molar-refractivity contribution in [3.63, 3.8) is 0 Å². The third-order valence-electron chi connectivity index (χ3n) is 4.64. The molecule has 0 aliphatic rings. The molecule has 9 nitrogen and oxygen atoms in total. The summed E-state index contributed by atoms with van der Waals surface area (Å²) in [5, 5.41) is 0. The average Bonchev–Trinajstić information content (AvgIpc) is 2.88. The maximum absolute atomic E-state index is 6.30. The minimum atomic E-state index is -4.22. The van der Waals surface area contributed by atoms with Crippen LogP contribution in [-0.2, 0) is 51.1 Å². The summed E-state index contributed by atoms with van der Waals surface area (Å²) < 4.78 is 5.44. The average molecular weight is 536 g/mol. The molecule has 0 aliphatic heterocycles. The third kappa shape index (κ3) is 11.2. The summed E-state index contributed by atoms with van der Waals surface area (Å²) in [6.07, 6.45) is 4.96. The molecule has 0 heterocycles. The minimum absolute atomic E-state index is 0.482. The molecular weight excluding hydrogens is 486 g/mol. The van der Waals surface area contributed by atoms with Gasteiger partial charge in [-0.3, -0.25) is 0 Å². The van der Waals surface area contributed by atoms with Crippen LogP contribution in [0.25, 0.3) is 0 Å². The number of hydrogen-bond acceptors (Lipinski definition) is 9. The van der Waals surface area contributed by atoms with Crippen molar-refractivity contribution in [2.75, 3.05) is 39.6 Å². The van der Waals surface area contributed by atoms with Crippen molar-refractivity contribution in [3.05, 3.63) is 35.9 Å². The predicted octanol–water partition coefficient (Wildman–Crippen LogP) is 6.04. The molecule has 0 amide bonds. The van der Waals surface area contributed by atoms with E-state index >= 15 is 0 Å². The summed E-state index contributed by atoms with van der Waals surface area (Å²) in [5.41, 5.74) is 1.09. The Morgan fingerprint density at radius 1 is 0.486 bits per heavy atom. The molecule has 0 bridgehead atoms. The molecular formula is C25H49N3O6Ti. The molecule has 1 rings (SSSR count). The molecule has 204 valence electrons. The maximum atomic E-state index is 6.30.